The maximum atomic E-state index is 11.8. The Balaban J connectivity index is 2.30. The quantitative estimate of drug-likeness (QED) is 0.780. The minimum atomic E-state index is -3.41. The normalized spacial score (nSPS) is 12.2. The third kappa shape index (κ3) is 4.83. The Morgan fingerprint density at radius 2 is 1.85 bits per heavy atom. The molecule has 0 radical (unpaired) electrons. The number of amides is 1. The van der Waals surface area contributed by atoms with Crippen LogP contribution in [0.4, 0.5) is 0 Å². The molecule has 1 rings (SSSR count). The summed E-state index contributed by atoms with van der Waals surface area (Å²) in [6.07, 6.45) is 1.08. The Kier molecular flexibility index (Phi) is 6.07. The van der Waals surface area contributed by atoms with Crippen LogP contribution < -0.4 is 5.32 Å². The molecule has 0 saturated carbocycles. The van der Waals surface area contributed by atoms with Gasteiger partial charge < -0.3 is 5.32 Å². The Labute approximate surface area is 125 Å². The van der Waals surface area contributed by atoms with Crippen molar-refractivity contribution in [1.29, 1.82) is 0 Å². The van der Waals surface area contributed by atoms with Gasteiger partial charge in [0.25, 0.3) is 0 Å². The topological polar surface area (TPSA) is 63.2 Å². The van der Waals surface area contributed by atoms with Crippen LogP contribution in [0, 0.1) is 0 Å². The molecular weight excluding hydrogens is 294 g/mol. The second-order valence-electron chi connectivity index (χ2n) is 5.08. The number of hydrogen-bond acceptors (Lipinski definition) is 4. The van der Waals surface area contributed by atoms with Crippen LogP contribution in [0.5, 0.6) is 0 Å². The van der Waals surface area contributed by atoms with Crippen LogP contribution in [0.2, 0.25) is 0 Å². The second kappa shape index (κ2) is 7.13. The molecule has 0 aliphatic heterocycles. The fourth-order valence-electron chi connectivity index (χ4n) is 1.38. The Morgan fingerprint density at radius 3 is 2.40 bits per heavy atom. The molecule has 0 aliphatic rings. The van der Waals surface area contributed by atoms with E-state index >= 15 is 0 Å². The minimum Gasteiger partial charge on any atom is -0.354 e. The molecule has 1 aromatic carbocycles. The number of thioether (sulfide) groups is 1. The molecule has 0 bridgehead atoms. The molecule has 20 heavy (non-hydrogen) atoms. The maximum Gasteiger partial charge on any atom is 0.240 e. The summed E-state index contributed by atoms with van der Waals surface area (Å²) >= 11 is 1.70. The van der Waals surface area contributed by atoms with Crippen LogP contribution in [0.3, 0.4) is 0 Å². The van der Waals surface area contributed by atoms with E-state index < -0.39 is 20.5 Å². The van der Waals surface area contributed by atoms with Gasteiger partial charge in [0, 0.05) is 24.3 Å². The lowest BCUT2D eigenvalue weighted by molar-refractivity contribution is -0.122. The van der Waals surface area contributed by atoms with Crippen molar-refractivity contribution in [2.45, 2.75) is 24.3 Å². The fraction of sp³-hybridized carbons (Fsp3) is 0.500. The predicted molar refractivity (Wildman–Crippen MR) is 84.5 cm³/mol. The smallest absolute Gasteiger partial charge is 0.240 e. The van der Waals surface area contributed by atoms with E-state index in [9.17, 15) is 13.2 Å². The summed E-state index contributed by atoms with van der Waals surface area (Å²) < 4.78 is 21.6. The van der Waals surface area contributed by atoms with E-state index in [0.717, 1.165) is 17.8 Å². The lowest BCUT2D eigenvalue weighted by atomic mass is 10.2. The Bertz CT molecular complexity index is 539. The van der Waals surface area contributed by atoms with Gasteiger partial charge in [0.15, 0.2) is 9.84 Å². The molecule has 6 heteroatoms. The van der Waals surface area contributed by atoms with E-state index in [2.05, 4.69) is 17.4 Å². The monoisotopic (exact) mass is 315 g/mol. The van der Waals surface area contributed by atoms with Gasteiger partial charge in [-0.3, -0.25) is 4.79 Å². The van der Waals surface area contributed by atoms with E-state index in [-0.39, 0.29) is 0 Å². The third-order valence-corrected chi connectivity index (χ3v) is 6.19. The van der Waals surface area contributed by atoms with Gasteiger partial charge in [0.2, 0.25) is 5.91 Å². The van der Waals surface area contributed by atoms with E-state index in [4.69, 9.17) is 0 Å². The van der Waals surface area contributed by atoms with Gasteiger partial charge >= 0.3 is 0 Å². The number of carbonyl (C=O) groups excluding carboxylic acids is 1. The summed E-state index contributed by atoms with van der Waals surface area (Å²) in [5.41, 5.74) is 1.24. The van der Waals surface area contributed by atoms with E-state index in [0.29, 0.717) is 6.54 Å². The number of carbonyl (C=O) groups is 1. The molecule has 1 amide bonds. The summed E-state index contributed by atoms with van der Waals surface area (Å²) in [4.78, 5) is 11.8. The molecular formula is C14H21NO3S2. The fourth-order valence-corrected chi connectivity index (χ4v) is 2.61. The number of sulfone groups is 1. The number of benzene rings is 1. The maximum absolute atomic E-state index is 11.8. The number of nitrogens with one attached hydrogen (secondary N) is 1. The summed E-state index contributed by atoms with van der Waals surface area (Å²) in [6, 6.07) is 10.1. The van der Waals surface area contributed by atoms with Gasteiger partial charge in [0.05, 0.1) is 0 Å². The molecule has 0 aliphatic carbocycles. The summed E-state index contributed by atoms with van der Waals surface area (Å²) in [6.45, 7) is 3.32. The van der Waals surface area contributed by atoms with Crippen molar-refractivity contribution in [1.82, 2.24) is 5.32 Å². The first-order valence-corrected chi connectivity index (χ1v) is 9.39. The van der Waals surface area contributed by atoms with Crippen molar-refractivity contribution in [3.8, 4) is 0 Å². The summed E-state index contributed by atoms with van der Waals surface area (Å²) in [7, 11) is -3.41. The first-order chi connectivity index (χ1) is 9.25. The molecule has 4 nitrogen and oxygen atoms in total. The molecule has 0 saturated heterocycles. The van der Waals surface area contributed by atoms with Gasteiger partial charge in [-0.2, -0.15) is 11.8 Å². The standard InChI is InChI=1S/C14H21NO3S2/c1-14(2,20(3,17)18)13(16)15-9-10-19-11-12-7-5-4-6-8-12/h4-8H,9-11H2,1-3H3,(H,15,16). The highest BCUT2D eigenvalue weighted by atomic mass is 32.2. The average molecular weight is 315 g/mol. The highest BCUT2D eigenvalue weighted by Gasteiger charge is 2.37. The van der Waals surface area contributed by atoms with Gasteiger partial charge in [-0.05, 0) is 19.4 Å². The number of hydrogen-bond donors (Lipinski definition) is 1. The zero-order chi connectivity index (χ0) is 15.2. The highest BCUT2D eigenvalue weighted by molar-refractivity contribution is 7.98. The Hall–Kier alpha value is -1.01. The van der Waals surface area contributed by atoms with E-state index in [1.165, 1.54) is 19.4 Å². The predicted octanol–water partition coefficient (Wildman–Crippen LogP) is 1.86. The van der Waals surface area contributed by atoms with Gasteiger partial charge in [0.1, 0.15) is 4.75 Å². The van der Waals surface area contributed by atoms with Gasteiger partial charge in [-0.25, -0.2) is 8.42 Å². The second-order valence-corrected chi connectivity index (χ2v) is 8.75. The van der Waals surface area contributed by atoms with Crippen molar-refractivity contribution in [3.63, 3.8) is 0 Å². The molecule has 0 spiro atoms. The lowest BCUT2D eigenvalue weighted by Gasteiger charge is -2.21. The largest absolute Gasteiger partial charge is 0.354 e. The van der Waals surface area contributed by atoms with Crippen molar-refractivity contribution < 1.29 is 13.2 Å². The van der Waals surface area contributed by atoms with Gasteiger partial charge in [-0.15, -0.1) is 0 Å². The summed E-state index contributed by atoms with van der Waals surface area (Å²) in [5.74, 6) is 1.19. The highest BCUT2D eigenvalue weighted by Crippen LogP contribution is 2.15. The van der Waals surface area contributed by atoms with Crippen LogP contribution in [0.15, 0.2) is 30.3 Å². The van der Waals surface area contributed by atoms with E-state index in [1.807, 2.05) is 18.2 Å². The van der Waals surface area contributed by atoms with E-state index in [1.54, 1.807) is 11.8 Å². The molecule has 0 heterocycles. The van der Waals surface area contributed by atoms with Gasteiger partial charge in [-0.1, -0.05) is 30.3 Å². The lowest BCUT2D eigenvalue weighted by Crippen LogP contribution is -2.48. The SMILES string of the molecule is CC(C)(C(=O)NCCSCc1ccccc1)S(C)(=O)=O. The van der Waals surface area contributed by atoms with Crippen LogP contribution in [0.25, 0.3) is 0 Å². The zero-order valence-corrected chi connectivity index (χ0v) is 13.7. The third-order valence-electron chi connectivity index (χ3n) is 3.12. The molecule has 0 fully saturated rings. The molecule has 1 aromatic rings. The van der Waals surface area contributed by atoms with Crippen LogP contribution in [-0.4, -0.2) is 37.6 Å². The molecule has 1 N–H and O–H groups in total. The summed E-state index contributed by atoms with van der Waals surface area (Å²) in [5, 5.41) is 2.68. The molecule has 112 valence electrons. The van der Waals surface area contributed by atoms with Crippen molar-refractivity contribution in [2.24, 2.45) is 0 Å². The molecule has 0 unspecified atom stereocenters. The Morgan fingerprint density at radius 1 is 1.25 bits per heavy atom. The van der Waals surface area contributed by atoms with Crippen molar-refractivity contribution in [2.75, 3.05) is 18.6 Å². The zero-order valence-electron chi connectivity index (χ0n) is 12.0. The van der Waals surface area contributed by atoms with Crippen LogP contribution in [-0.2, 0) is 20.4 Å². The minimum absolute atomic E-state index is 0.444. The average Bonchev–Trinajstić information content (AvgIpc) is 2.38. The molecule has 0 atom stereocenters. The first-order valence-electron chi connectivity index (χ1n) is 6.34. The number of rotatable bonds is 7. The van der Waals surface area contributed by atoms with Crippen molar-refractivity contribution in [3.05, 3.63) is 35.9 Å². The van der Waals surface area contributed by atoms with Crippen LogP contribution >= 0.6 is 11.8 Å². The van der Waals surface area contributed by atoms with Crippen LogP contribution in [0.1, 0.15) is 19.4 Å². The first kappa shape index (κ1) is 17.0. The molecule has 0 aromatic heterocycles. The van der Waals surface area contributed by atoms with Crippen molar-refractivity contribution >= 4 is 27.5 Å².